The maximum Gasteiger partial charge on any atom is 0.0749 e. The Morgan fingerprint density at radius 3 is 2.95 bits per heavy atom. The highest BCUT2D eigenvalue weighted by Gasteiger charge is 2.17. The Labute approximate surface area is 124 Å². The summed E-state index contributed by atoms with van der Waals surface area (Å²) in [5.74, 6) is 0. The molecule has 1 aliphatic rings. The van der Waals surface area contributed by atoms with Gasteiger partial charge in [-0.3, -0.25) is 0 Å². The lowest BCUT2D eigenvalue weighted by Crippen LogP contribution is -2.34. The molecule has 1 fully saturated rings. The average molecular weight is 327 g/mol. The van der Waals surface area contributed by atoms with Crippen LogP contribution in [0.1, 0.15) is 24.8 Å². The van der Waals surface area contributed by atoms with E-state index in [2.05, 4.69) is 51.4 Å². The number of likely N-dealkylation sites (N-methyl/N-ethyl adjacent to an activating group) is 1. The number of nitrogens with zero attached hydrogens (tertiary/aromatic N) is 1. The van der Waals surface area contributed by atoms with Gasteiger partial charge in [0.1, 0.15) is 0 Å². The minimum Gasteiger partial charge on any atom is -0.376 e. The number of anilines is 1. The molecule has 0 bridgehead atoms. The topological polar surface area (TPSA) is 24.5 Å². The number of hydrogen-bond donors (Lipinski definition) is 1. The van der Waals surface area contributed by atoms with E-state index in [1.165, 1.54) is 30.5 Å². The number of ether oxygens (including phenoxy) is 1. The second kappa shape index (κ2) is 7.27. The quantitative estimate of drug-likeness (QED) is 0.899. The summed E-state index contributed by atoms with van der Waals surface area (Å²) in [6.07, 6.45) is 4.06. The van der Waals surface area contributed by atoms with Crippen molar-refractivity contribution in [2.24, 2.45) is 0 Å². The molecule has 1 saturated heterocycles. The molecule has 0 saturated carbocycles. The first-order valence-electron chi connectivity index (χ1n) is 6.96. The van der Waals surface area contributed by atoms with Gasteiger partial charge in [-0.25, -0.2) is 0 Å². The molecule has 1 aliphatic heterocycles. The van der Waals surface area contributed by atoms with Crippen molar-refractivity contribution in [3.63, 3.8) is 0 Å². The molecule has 2 rings (SSSR count). The fourth-order valence-corrected chi connectivity index (χ4v) is 2.94. The SMILES string of the molecule is CNCc1ccc(Br)cc1N(C)CC1CCCCO1. The van der Waals surface area contributed by atoms with Crippen LogP contribution in [-0.2, 0) is 11.3 Å². The van der Waals surface area contributed by atoms with Gasteiger partial charge in [0.2, 0.25) is 0 Å². The van der Waals surface area contributed by atoms with Gasteiger partial charge in [0.15, 0.2) is 0 Å². The van der Waals surface area contributed by atoms with E-state index < -0.39 is 0 Å². The summed E-state index contributed by atoms with van der Waals surface area (Å²) in [5.41, 5.74) is 2.60. The predicted octanol–water partition coefficient (Wildman–Crippen LogP) is 3.17. The predicted molar refractivity (Wildman–Crippen MR) is 83.8 cm³/mol. The van der Waals surface area contributed by atoms with Crippen LogP contribution in [0.5, 0.6) is 0 Å². The zero-order valence-electron chi connectivity index (χ0n) is 11.8. The van der Waals surface area contributed by atoms with Gasteiger partial charge >= 0.3 is 0 Å². The van der Waals surface area contributed by atoms with Gasteiger partial charge in [0, 0.05) is 36.9 Å². The second-order valence-electron chi connectivity index (χ2n) is 5.17. The van der Waals surface area contributed by atoms with Crippen molar-refractivity contribution in [2.75, 3.05) is 32.1 Å². The van der Waals surface area contributed by atoms with Crippen LogP contribution in [0.25, 0.3) is 0 Å². The van der Waals surface area contributed by atoms with Crippen molar-refractivity contribution < 1.29 is 4.74 Å². The van der Waals surface area contributed by atoms with Gasteiger partial charge < -0.3 is 15.0 Å². The van der Waals surface area contributed by atoms with E-state index in [0.717, 1.165) is 24.2 Å². The third-order valence-corrected chi connectivity index (χ3v) is 4.07. The standard InChI is InChI=1S/C15H23BrN2O/c1-17-10-12-6-7-13(16)9-15(12)18(2)11-14-5-3-4-8-19-14/h6-7,9,14,17H,3-5,8,10-11H2,1-2H3. The van der Waals surface area contributed by atoms with Gasteiger partial charge in [-0.2, -0.15) is 0 Å². The van der Waals surface area contributed by atoms with Gasteiger partial charge in [-0.05, 0) is 44.0 Å². The Balaban J connectivity index is 2.07. The van der Waals surface area contributed by atoms with Gasteiger partial charge in [0.05, 0.1) is 6.10 Å². The van der Waals surface area contributed by atoms with Crippen LogP contribution < -0.4 is 10.2 Å². The van der Waals surface area contributed by atoms with Crippen molar-refractivity contribution in [2.45, 2.75) is 31.9 Å². The normalized spacial score (nSPS) is 19.4. The largest absolute Gasteiger partial charge is 0.376 e. The van der Waals surface area contributed by atoms with Crippen LogP contribution in [-0.4, -0.2) is 33.4 Å². The molecular weight excluding hydrogens is 304 g/mol. The van der Waals surface area contributed by atoms with Crippen LogP contribution in [0.2, 0.25) is 0 Å². The van der Waals surface area contributed by atoms with E-state index in [9.17, 15) is 0 Å². The summed E-state index contributed by atoms with van der Waals surface area (Å²) < 4.78 is 6.96. The lowest BCUT2D eigenvalue weighted by atomic mass is 10.1. The van der Waals surface area contributed by atoms with E-state index in [1.807, 2.05) is 7.05 Å². The fraction of sp³-hybridized carbons (Fsp3) is 0.600. The molecule has 0 aliphatic carbocycles. The minimum atomic E-state index is 0.375. The van der Waals surface area contributed by atoms with Gasteiger partial charge in [-0.1, -0.05) is 22.0 Å². The number of hydrogen-bond acceptors (Lipinski definition) is 3. The maximum atomic E-state index is 5.83. The molecule has 1 aromatic carbocycles. The molecule has 0 aromatic heterocycles. The molecule has 19 heavy (non-hydrogen) atoms. The van der Waals surface area contributed by atoms with E-state index in [4.69, 9.17) is 4.74 Å². The van der Waals surface area contributed by atoms with Crippen LogP contribution in [0.4, 0.5) is 5.69 Å². The van der Waals surface area contributed by atoms with Crippen molar-refractivity contribution in [3.8, 4) is 0 Å². The summed E-state index contributed by atoms with van der Waals surface area (Å²) in [6.45, 7) is 2.77. The second-order valence-corrected chi connectivity index (χ2v) is 6.09. The van der Waals surface area contributed by atoms with Crippen LogP contribution in [0, 0.1) is 0 Å². The molecular formula is C15H23BrN2O. The third kappa shape index (κ3) is 4.20. The summed E-state index contributed by atoms with van der Waals surface area (Å²) in [7, 11) is 4.13. The summed E-state index contributed by atoms with van der Waals surface area (Å²) in [6, 6.07) is 6.46. The molecule has 1 heterocycles. The van der Waals surface area contributed by atoms with Gasteiger partial charge in [-0.15, -0.1) is 0 Å². The lowest BCUT2D eigenvalue weighted by Gasteiger charge is -2.30. The first-order chi connectivity index (χ1) is 9.20. The highest BCUT2D eigenvalue weighted by atomic mass is 79.9. The molecule has 0 spiro atoms. The Kier molecular flexibility index (Phi) is 5.67. The molecule has 0 amide bonds. The molecule has 1 N–H and O–H groups in total. The molecule has 106 valence electrons. The van der Waals surface area contributed by atoms with Crippen LogP contribution in [0.3, 0.4) is 0 Å². The molecule has 1 aromatic rings. The Bertz CT molecular complexity index is 405. The van der Waals surface area contributed by atoms with Gasteiger partial charge in [0.25, 0.3) is 0 Å². The number of halogens is 1. The molecule has 1 atom stereocenters. The zero-order valence-corrected chi connectivity index (χ0v) is 13.4. The zero-order chi connectivity index (χ0) is 13.7. The smallest absolute Gasteiger partial charge is 0.0749 e. The summed E-state index contributed by atoms with van der Waals surface area (Å²) >= 11 is 3.56. The third-order valence-electron chi connectivity index (χ3n) is 3.58. The average Bonchev–Trinajstić information content (AvgIpc) is 2.42. The Morgan fingerprint density at radius 2 is 2.26 bits per heavy atom. The first kappa shape index (κ1) is 14.8. The highest BCUT2D eigenvalue weighted by Crippen LogP contribution is 2.25. The minimum absolute atomic E-state index is 0.375. The van der Waals surface area contributed by atoms with E-state index >= 15 is 0 Å². The number of nitrogens with one attached hydrogen (secondary N) is 1. The number of benzene rings is 1. The first-order valence-corrected chi connectivity index (χ1v) is 7.76. The van der Waals surface area contributed by atoms with Crippen molar-refractivity contribution in [1.82, 2.24) is 5.32 Å². The van der Waals surface area contributed by atoms with Crippen molar-refractivity contribution in [1.29, 1.82) is 0 Å². The number of rotatable bonds is 5. The molecule has 1 unspecified atom stereocenters. The highest BCUT2D eigenvalue weighted by molar-refractivity contribution is 9.10. The van der Waals surface area contributed by atoms with E-state index in [-0.39, 0.29) is 0 Å². The summed E-state index contributed by atoms with van der Waals surface area (Å²) in [5, 5.41) is 3.23. The lowest BCUT2D eigenvalue weighted by molar-refractivity contribution is 0.0216. The van der Waals surface area contributed by atoms with Crippen molar-refractivity contribution in [3.05, 3.63) is 28.2 Å². The Hall–Kier alpha value is -0.580. The van der Waals surface area contributed by atoms with E-state index in [1.54, 1.807) is 0 Å². The fourth-order valence-electron chi connectivity index (χ4n) is 2.59. The van der Waals surface area contributed by atoms with Crippen molar-refractivity contribution >= 4 is 21.6 Å². The maximum absolute atomic E-state index is 5.83. The monoisotopic (exact) mass is 326 g/mol. The van der Waals surface area contributed by atoms with E-state index in [0.29, 0.717) is 6.10 Å². The van der Waals surface area contributed by atoms with Crippen LogP contribution in [0.15, 0.2) is 22.7 Å². The molecule has 4 heteroatoms. The summed E-state index contributed by atoms with van der Waals surface area (Å²) in [4.78, 5) is 2.31. The molecule has 3 nitrogen and oxygen atoms in total. The molecule has 0 radical (unpaired) electrons. The Morgan fingerprint density at radius 1 is 1.42 bits per heavy atom. The van der Waals surface area contributed by atoms with Crippen LogP contribution >= 0.6 is 15.9 Å².